The molecule has 0 unspecified atom stereocenters. The van der Waals surface area contributed by atoms with E-state index in [4.69, 9.17) is 23.2 Å². The Morgan fingerprint density at radius 1 is 1.24 bits per heavy atom. The van der Waals surface area contributed by atoms with Gasteiger partial charge in [0.15, 0.2) is 0 Å². The van der Waals surface area contributed by atoms with Gasteiger partial charge >= 0.3 is 6.18 Å². The molecular weight excluding hydrogens is 428 g/mol. The number of aromatic nitrogens is 1. The molecule has 0 fully saturated rings. The Bertz CT molecular complexity index is 931. The summed E-state index contributed by atoms with van der Waals surface area (Å²) in [6.45, 7) is 2.45. The molecule has 4 nitrogen and oxygen atoms in total. The van der Waals surface area contributed by atoms with E-state index in [-0.39, 0.29) is 23.1 Å². The molecule has 0 radical (unpaired) electrons. The fourth-order valence-corrected chi connectivity index (χ4v) is 4.01. The summed E-state index contributed by atoms with van der Waals surface area (Å²) in [6.07, 6.45) is -1.55. The van der Waals surface area contributed by atoms with E-state index in [1.807, 2.05) is 0 Å². The first-order valence-electron chi connectivity index (χ1n) is 9.07. The zero-order chi connectivity index (χ0) is 21.3. The number of aromatic hydroxyl groups is 1. The molecule has 2 aromatic rings. The maximum atomic E-state index is 12.6. The van der Waals surface area contributed by atoms with Crippen LogP contribution in [0.1, 0.15) is 40.8 Å². The van der Waals surface area contributed by atoms with Gasteiger partial charge in [-0.25, -0.2) is 0 Å². The Balaban J connectivity index is 1.59. The monoisotopic (exact) mass is 446 g/mol. The van der Waals surface area contributed by atoms with Crippen molar-refractivity contribution in [1.82, 2.24) is 9.88 Å². The zero-order valence-corrected chi connectivity index (χ0v) is 17.1. The maximum Gasteiger partial charge on any atom is 0.433 e. The van der Waals surface area contributed by atoms with Gasteiger partial charge in [-0.15, -0.1) is 0 Å². The van der Waals surface area contributed by atoms with Crippen LogP contribution in [0.3, 0.4) is 0 Å². The molecule has 2 heterocycles. The van der Waals surface area contributed by atoms with Crippen LogP contribution in [0.15, 0.2) is 18.3 Å². The van der Waals surface area contributed by atoms with Crippen LogP contribution in [0.2, 0.25) is 10.0 Å². The number of fused-ring (bicyclic) bond motifs is 1. The van der Waals surface area contributed by atoms with E-state index in [0.717, 1.165) is 17.2 Å². The Labute approximate surface area is 176 Å². The summed E-state index contributed by atoms with van der Waals surface area (Å²) < 4.78 is 37.6. The van der Waals surface area contributed by atoms with E-state index in [2.05, 4.69) is 4.98 Å². The van der Waals surface area contributed by atoms with Crippen molar-refractivity contribution in [1.29, 1.82) is 0 Å². The molecule has 0 saturated heterocycles. The van der Waals surface area contributed by atoms with Gasteiger partial charge in [0, 0.05) is 31.3 Å². The van der Waals surface area contributed by atoms with Gasteiger partial charge in [-0.1, -0.05) is 29.3 Å². The second kappa shape index (κ2) is 8.40. The highest BCUT2D eigenvalue weighted by molar-refractivity contribution is 6.36. The lowest BCUT2D eigenvalue weighted by Gasteiger charge is -2.31. The second-order valence-electron chi connectivity index (χ2n) is 7.03. The zero-order valence-electron chi connectivity index (χ0n) is 15.6. The summed E-state index contributed by atoms with van der Waals surface area (Å²) in [4.78, 5) is 17.7. The number of pyridine rings is 1. The van der Waals surface area contributed by atoms with Crippen molar-refractivity contribution in [3.63, 3.8) is 0 Å². The van der Waals surface area contributed by atoms with Crippen molar-refractivity contribution < 1.29 is 23.1 Å². The molecule has 156 valence electrons. The SMILES string of the molecule is Cc1c(O)c(Cl)c2c(c1Cl)CN(C(=O)CCCc1ccc(C(F)(F)F)nc1)CC2. The lowest BCUT2D eigenvalue weighted by molar-refractivity contribution is -0.141. The largest absolute Gasteiger partial charge is 0.506 e. The summed E-state index contributed by atoms with van der Waals surface area (Å²) >= 11 is 12.6. The standard InChI is InChI=1S/C20H19Cl2F3N2O2/c1-11-17(21)14-10-27(8-7-13(14)18(22)19(11)29)16(28)4-2-3-12-5-6-15(26-9-12)20(23,24)25/h5-6,9,29H,2-4,7-8,10H2,1H3. The third kappa shape index (κ3) is 4.61. The maximum absolute atomic E-state index is 12.6. The van der Waals surface area contributed by atoms with Crippen molar-refractivity contribution in [3.05, 3.63) is 56.3 Å². The van der Waals surface area contributed by atoms with Gasteiger partial charge in [0.05, 0.1) is 10.0 Å². The van der Waals surface area contributed by atoms with Crippen molar-refractivity contribution in [2.24, 2.45) is 0 Å². The highest BCUT2D eigenvalue weighted by Crippen LogP contribution is 2.41. The summed E-state index contributed by atoms with van der Waals surface area (Å²) in [5.74, 6) is -0.0891. The minimum atomic E-state index is -4.46. The van der Waals surface area contributed by atoms with Crippen molar-refractivity contribution in [3.8, 4) is 5.75 Å². The summed E-state index contributed by atoms with van der Waals surface area (Å²) in [7, 11) is 0. The van der Waals surface area contributed by atoms with Gasteiger partial charge in [0.25, 0.3) is 0 Å². The van der Waals surface area contributed by atoms with Gasteiger partial charge in [-0.3, -0.25) is 9.78 Å². The molecule has 0 atom stereocenters. The highest BCUT2D eigenvalue weighted by Gasteiger charge is 2.32. The summed E-state index contributed by atoms with van der Waals surface area (Å²) in [5, 5.41) is 10.7. The lowest BCUT2D eigenvalue weighted by Crippen LogP contribution is -2.36. The van der Waals surface area contributed by atoms with Crippen LogP contribution in [-0.4, -0.2) is 27.4 Å². The van der Waals surface area contributed by atoms with Gasteiger partial charge < -0.3 is 10.0 Å². The van der Waals surface area contributed by atoms with Crippen LogP contribution in [-0.2, 0) is 30.4 Å². The molecule has 0 bridgehead atoms. The van der Waals surface area contributed by atoms with Crippen molar-refractivity contribution >= 4 is 29.1 Å². The lowest BCUT2D eigenvalue weighted by atomic mass is 9.96. The minimum Gasteiger partial charge on any atom is -0.506 e. The average molecular weight is 447 g/mol. The van der Waals surface area contributed by atoms with Crippen LogP contribution in [0.25, 0.3) is 0 Å². The number of phenols is 1. The predicted octanol–water partition coefficient (Wildman–Crippen LogP) is 5.33. The number of amides is 1. The molecule has 1 N–H and O–H groups in total. The van der Waals surface area contributed by atoms with E-state index < -0.39 is 11.9 Å². The van der Waals surface area contributed by atoms with Crippen LogP contribution in [0.4, 0.5) is 13.2 Å². The number of hydrogen-bond donors (Lipinski definition) is 1. The fraction of sp³-hybridized carbons (Fsp3) is 0.400. The second-order valence-corrected chi connectivity index (χ2v) is 7.78. The minimum absolute atomic E-state index is 0.0275. The first kappa shape index (κ1) is 21.7. The summed E-state index contributed by atoms with van der Waals surface area (Å²) in [6, 6.07) is 2.33. The molecule has 0 saturated carbocycles. The van der Waals surface area contributed by atoms with Crippen LogP contribution < -0.4 is 0 Å². The number of phenolic OH excluding ortho intramolecular Hbond substituents is 1. The number of alkyl halides is 3. The number of nitrogens with zero attached hydrogens (tertiary/aromatic N) is 2. The smallest absolute Gasteiger partial charge is 0.433 e. The molecule has 29 heavy (non-hydrogen) atoms. The van der Waals surface area contributed by atoms with Crippen LogP contribution >= 0.6 is 23.2 Å². The summed E-state index contributed by atoms with van der Waals surface area (Å²) in [5.41, 5.74) is 1.72. The van der Waals surface area contributed by atoms with Crippen LogP contribution in [0, 0.1) is 6.92 Å². The molecule has 1 amide bonds. The Hall–Kier alpha value is -1.99. The van der Waals surface area contributed by atoms with E-state index in [1.54, 1.807) is 11.8 Å². The van der Waals surface area contributed by atoms with E-state index in [9.17, 15) is 23.1 Å². The molecule has 1 aliphatic rings. The number of carbonyl (C=O) groups is 1. The molecule has 1 aliphatic heterocycles. The fourth-order valence-electron chi connectivity index (χ4n) is 3.40. The number of carbonyl (C=O) groups excluding carboxylic acids is 1. The number of aryl methyl sites for hydroxylation is 1. The Kier molecular flexibility index (Phi) is 6.29. The number of rotatable bonds is 4. The number of halogens is 5. The first-order valence-corrected chi connectivity index (χ1v) is 9.83. The third-order valence-corrected chi connectivity index (χ3v) is 6.01. The Morgan fingerprint density at radius 2 is 1.97 bits per heavy atom. The van der Waals surface area contributed by atoms with Gasteiger partial charge in [-0.05, 0) is 48.9 Å². The first-order chi connectivity index (χ1) is 13.6. The molecule has 0 spiro atoms. The van der Waals surface area contributed by atoms with Gasteiger partial charge in [-0.2, -0.15) is 13.2 Å². The molecular formula is C20H19Cl2F3N2O2. The van der Waals surface area contributed by atoms with Crippen LogP contribution in [0.5, 0.6) is 5.75 Å². The quantitative estimate of drug-likeness (QED) is 0.690. The van der Waals surface area contributed by atoms with Gasteiger partial charge in [0.1, 0.15) is 11.4 Å². The van der Waals surface area contributed by atoms with E-state index in [1.165, 1.54) is 12.3 Å². The third-order valence-electron chi connectivity index (χ3n) is 5.09. The van der Waals surface area contributed by atoms with Crippen molar-refractivity contribution in [2.45, 2.75) is 45.3 Å². The van der Waals surface area contributed by atoms with E-state index >= 15 is 0 Å². The van der Waals surface area contributed by atoms with E-state index in [0.29, 0.717) is 48.5 Å². The molecule has 1 aromatic carbocycles. The molecule has 3 rings (SSSR count). The average Bonchev–Trinajstić information content (AvgIpc) is 2.69. The molecule has 1 aromatic heterocycles. The number of benzene rings is 1. The molecule has 0 aliphatic carbocycles. The van der Waals surface area contributed by atoms with Gasteiger partial charge in [0.2, 0.25) is 5.91 Å². The number of hydrogen-bond acceptors (Lipinski definition) is 3. The Morgan fingerprint density at radius 3 is 2.59 bits per heavy atom. The van der Waals surface area contributed by atoms with Crippen molar-refractivity contribution in [2.75, 3.05) is 6.54 Å². The predicted molar refractivity (Wildman–Crippen MR) is 104 cm³/mol. The molecule has 9 heteroatoms. The normalized spacial score (nSPS) is 14.1. The highest BCUT2D eigenvalue weighted by atomic mass is 35.5. The topological polar surface area (TPSA) is 53.4 Å².